The Morgan fingerprint density at radius 2 is 1.79 bits per heavy atom. The van der Waals surface area contributed by atoms with E-state index in [1.54, 1.807) is 0 Å². The number of carbonyl (C=O) groups excluding carboxylic acids is 1. The molecule has 0 aromatic carbocycles. The maximum Gasteiger partial charge on any atom is 0.221 e. The highest BCUT2D eigenvalue weighted by Crippen LogP contribution is 2.33. The van der Waals surface area contributed by atoms with Crippen molar-refractivity contribution in [1.82, 2.24) is 15.5 Å². The van der Waals surface area contributed by atoms with Crippen molar-refractivity contribution in [1.29, 1.82) is 0 Å². The SMILES string of the molecule is CN(C)C1(CNC(=O)CCNC(C)(C)C)CCCC1. The predicted octanol–water partition coefficient (Wildman–Crippen LogP) is 1.76. The number of rotatable bonds is 6. The van der Waals surface area contributed by atoms with Crippen molar-refractivity contribution in [2.45, 2.75) is 64.0 Å². The molecule has 0 aromatic heterocycles. The van der Waals surface area contributed by atoms with Gasteiger partial charge in [-0.2, -0.15) is 0 Å². The van der Waals surface area contributed by atoms with Gasteiger partial charge in [-0.1, -0.05) is 12.8 Å². The molecule has 1 fully saturated rings. The third-order valence-electron chi connectivity index (χ3n) is 4.10. The number of nitrogens with zero attached hydrogens (tertiary/aromatic N) is 1. The van der Waals surface area contributed by atoms with Gasteiger partial charge in [0.1, 0.15) is 0 Å². The quantitative estimate of drug-likeness (QED) is 0.772. The Labute approximate surface area is 118 Å². The molecule has 2 N–H and O–H groups in total. The Morgan fingerprint density at radius 3 is 2.26 bits per heavy atom. The van der Waals surface area contributed by atoms with Gasteiger partial charge in [0.25, 0.3) is 0 Å². The van der Waals surface area contributed by atoms with Crippen LogP contribution in [0.2, 0.25) is 0 Å². The molecule has 0 heterocycles. The third-order valence-corrected chi connectivity index (χ3v) is 4.10. The van der Waals surface area contributed by atoms with Crippen LogP contribution in [0.25, 0.3) is 0 Å². The number of hydrogen-bond acceptors (Lipinski definition) is 3. The fourth-order valence-corrected chi connectivity index (χ4v) is 2.72. The van der Waals surface area contributed by atoms with Gasteiger partial charge in [-0.15, -0.1) is 0 Å². The van der Waals surface area contributed by atoms with Gasteiger partial charge in [-0.3, -0.25) is 4.79 Å². The minimum atomic E-state index is 0.0800. The molecule has 0 atom stereocenters. The monoisotopic (exact) mass is 269 g/mol. The minimum Gasteiger partial charge on any atom is -0.354 e. The summed E-state index contributed by atoms with van der Waals surface area (Å²) in [5.41, 5.74) is 0.268. The summed E-state index contributed by atoms with van der Waals surface area (Å²) in [6.45, 7) is 7.87. The second-order valence-corrected chi connectivity index (χ2v) is 7.03. The molecule has 1 aliphatic rings. The van der Waals surface area contributed by atoms with E-state index in [0.717, 1.165) is 13.1 Å². The van der Waals surface area contributed by atoms with E-state index < -0.39 is 0 Å². The normalized spacial score (nSPS) is 18.8. The smallest absolute Gasteiger partial charge is 0.221 e. The lowest BCUT2D eigenvalue weighted by Crippen LogP contribution is -2.51. The zero-order valence-electron chi connectivity index (χ0n) is 13.3. The van der Waals surface area contributed by atoms with E-state index in [0.29, 0.717) is 6.42 Å². The van der Waals surface area contributed by atoms with E-state index in [4.69, 9.17) is 0 Å². The summed E-state index contributed by atoms with van der Waals surface area (Å²) in [6.07, 6.45) is 5.50. The summed E-state index contributed by atoms with van der Waals surface area (Å²) in [6, 6.07) is 0. The van der Waals surface area contributed by atoms with Crippen molar-refractivity contribution in [3.63, 3.8) is 0 Å². The van der Waals surface area contributed by atoms with Gasteiger partial charge in [0.15, 0.2) is 0 Å². The van der Waals surface area contributed by atoms with Crippen LogP contribution in [0.15, 0.2) is 0 Å². The molecule has 0 aliphatic heterocycles. The van der Waals surface area contributed by atoms with E-state index in [-0.39, 0.29) is 17.0 Å². The Morgan fingerprint density at radius 1 is 1.21 bits per heavy atom. The Kier molecular flexibility index (Phi) is 5.81. The molecule has 1 aliphatic carbocycles. The summed E-state index contributed by atoms with van der Waals surface area (Å²) in [4.78, 5) is 14.2. The molecule has 1 amide bonds. The standard InChI is InChI=1S/C15H31N3O/c1-14(2,3)17-11-8-13(19)16-12-15(18(4)5)9-6-7-10-15/h17H,6-12H2,1-5H3,(H,16,19). The highest BCUT2D eigenvalue weighted by Gasteiger charge is 2.35. The van der Waals surface area contributed by atoms with Gasteiger partial charge >= 0.3 is 0 Å². The molecule has 1 rings (SSSR count). The minimum absolute atomic E-state index is 0.0800. The van der Waals surface area contributed by atoms with Crippen molar-refractivity contribution >= 4 is 5.91 Å². The van der Waals surface area contributed by atoms with Crippen molar-refractivity contribution < 1.29 is 4.79 Å². The first kappa shape index (κ1) is 16.4. The van der Waals surface area contributed by atoms with E-state index >= 15 is 0 Å². The fraction of sp³-hybridized carbons (Fsp3) is 0.933. The molecular weight excluding hydrogens is 238 g/mol. The van der Waals surface area contributed by atoms with Gasteiger partial charge in [0.05, 0.1) is 0 Å². The average molecular weight is 269 g/mol. The lowest BCUT2D eigenvalue weighted by atomic mass is 9.96. The highest BCUT2D eigenvalue weighted by molar-refractivity contribution is 5.76. The van der Waals surface area contributed by atoms with Crippen LogP contribution < -0.4 is 10.6 Å². The van der Waals surface area contributed by atoms with Crippen LogP contribution in [0, 0.1) is 0 Å². The maximum absolute atomic E-state index is 11.9. The largest absolute Gasteiger partial charge is 0.354 e. The van der Waals surface area contributed by atoms with Gasteiger partial charge in [0, 0.05) is 30.6 Å². The summed E-state index contributed by atoms with van der Waals surface area (Å²) in [5.74, 6) is 0.157. The Bertz CT molecular complexity index is 288. The number of carbonyl (C=O) groups is 1. The summed E-state index contributed by atoms with van der Waals surface area (Å²) in [5, 5.41) is 6.45. The van der Waals surface area contributed by atoms with Crippen LogP contribution in [0.5, 0.6) is 0 Å². The molecule has 1 saturated carbocycles. The molecule has 19 heavy (non-hydrogen) atoms. The van der Waals surface area contributed by atoms with Crippen molar-refractivity contribution in [3.8, 4) is 0 Å². The van der Waals surface area contributed by atoms with Crippen LogP contribution in [0.1, 0.15) is 52.9 Å². The molecule has 0 bridgehead atoms. The van der Waals surface area contributed by atoms with Crippen molar-refractivity contribution in [2.75, 3.05) is 27.2 Å². The summed E-state index contributed by atoms with van der Waals surface area (Å²) >= 11 is 0. The van der Waals surface area contributed by atoms with Gasteiger partial charge in [-0.05, 0) is 47.7 Å². The summed E-state index contributed by atoms with van der Waals surface area (Å²) < 4.78 is 0. The van der Waals surface area contributed by atoms with E-state index in [1.165, 1.54) is 25.7 Å². The fourth-order valence-electron chi connectivity index (χ4n) is 2.72. The van der Waals surface area contributed by atoms with Gasteiger partial charge in [-0.25, -0.2) is 0 Å². The van der Waals surface area contributed by atoms with E-state index in [9.17, 15) is 4.79 Å². The highest BCUT2D eigenvalue weighted by atomic mass is 16.1. The number of likely N-dealkylation sites (N-methyl/N-ethyl adjacent to an activating group) is 1. The van der Waals surface area contributed by atoms with Crippen LogP contribution in [0.3, 0.4) is 0 Å². The molecule has 0 unspecified atom stereocenters. The molecular formula is C15H31N3O. The Hall–Kier alpha value is -0.610. The number of amides is 1. The van der Waals surface area contributed by atoms with Crippen LogP contribution in [-0.2, 0) is 4.79 Å². The molecule has 0 aromatic rings. The third kappa shape index (κ3) is 5.49. The first-order valence-electron chi connectivity index (χ1n) is 7.44. The first-order valence-corrected chi connectivity index (χ1v) is 7.44. The predicted molar refractivity (Wildman–Crippen MR) is 80.3 cm³/mol. The lowest BCUT2D eigenvalue weighted by Gasteiger charge is -2.36. The van der Waals surface area contributed by atoms with E-state index in [1.807, 2.05) is 0 Å². The molecule has 4 heteroatoms. The molecule has 0 spiro atoms. The van der Waals surface area contributed by atoms with Crippen LogP contribution in [0.4, 0.5) is 0 Å². The second kappa shape index (κ2) is 6.71. The lowest BCUT2D eigenvalue weighted by molar-refractivity contribution is -0.121. The van der Waals surface area contributed by atoms with Gasteiger partial charge in [0.2, 0.25) is 5.91 Å². The molecule has 4 nitrogen and oxygen atoms in total. The zero-order chi connectivity index (χ0) is 14.5. The average Bonchev–Trinajstić information content (AvgIpc) is 2.74. The maximum atomic E-state index is 11.9. The van der Waals surface area contributed by atoms with Crippen LogP contribution in [-0.4, -0.2) is 49.1 Å². The first-order chi connectivity index (χ1) is 8.75. The molecule has 112 valence electrons. The number of nitrogens with one attached hydrogen (secondary N) is 2. The second-order valence-electron chi connectivity index (χ2n) is 7.03. The molecule has 0 radical (unpaired) electrons. The van der Waals surface area contributed by atoms with Gasteiger partial charge < -0.3 is 15.5 Å². The zero-order valence-corrected chi connectivity index (χ0v) is 13.3. The van der Waals surface area contributed by atoms with Crippen LogP contribution >= 0.6 is 0 Å². The topological polar surface area (TPSA) is 44.4 Å². The Balaban J connectivity index is 2.29. The van der Waals surface area contributed by atoms with Crippen molar-refractivity contribution in [2.24, 2.45) is 0 Å². The van der Waals surface area contributed by atoms with E-state index in [2.05, 4.69) is 50.4 Å². The molecule has 0 saturated heterocycles. The summed E-state index contributed by atoms with van der Waals surface area (Å²) in [7, 11) is 4.25. The van der Waals surface area contributed by atoms with Crippen molar-refractivity contribution in [3.05, 3.63) is 0 Å². The number of hydrogen-bond donors (Lipinski definition) is 2.